The van der Waals surface area contributed by atoms with Crippen LogP contribution in [0.4, 0.5) is 17.6 Å². The van der Waals surface area contributed by atoms with Gasteiger partial charge in [0, 0.05) is 5.56 Å². The number of hydrogen-bond acceptors (Lipinski definition) is 4. The van der Waals surface area contributed by atoms with Crippen molar-refractivity contribution in [3.05, 3.63) is 35.6 Å². The number of carbonyl (C=O) groups is 2. The summed E-state index contributed by atoms with van der Waals surface area (Å²) in [5, 5.41) is 9.40. The maximum Gasteiger partial charge on any atom is 0.428 e. The summed E-state index contributed by atoms with van der Waals surface area (Å²) in [5.41, 5.74) is -4.36. The summed E-state index contributed by atoms with van der Waals surface area (Å²) in [6.07, 6.45) is -6.99. The zero-order valence-electron chi connectivity index (χ0n) is 10.2. The van der Waals surface area contributed by atoms with Crippen LogP contribution in [-0.2, 0) is 9.53 Å². The number of ether oxygens (including phenoxy) is 1. The van der Waals surface area contributed by atoms with Crippen molar-refractivity contribution >= 4 is 11.8 Å². The van der Waals surface area contributed by atoms with Gasteiger partial charge in [-0.15, -0.1) is 0 Å². The van der Waals surface area contributed by atoms with Crippen molar-refractivity contribution in [2.45, 2.75) is 18.2 Å². The lowest BCUT2D eigenvalue weighted by Crippen LogP contribution is -2.54. The molecule has 0 unspecified atom stereocenters. The fraction of sp³-hybridized carbons (Fsp3) is 0.333. The standard InChI is InChI=1S/C12H10F4O4/c1-20-10(18)11(19,12(14,15)16)6-9(17)7-3-2-4-8(13)5-7/h2-5,19H,6H2,1H3/t11-/m1/s1. The first-order valence-electron chi connectivity index (χ1n) is 5.28. The molecule has 20 heavy (non-hydrogen) atoms. The number of benzene rings is 1. The summed E-state index contributed by atoms with van der Waals surface area (Å²) in [6, 6.07) is 3.89. The molecule has 1 atom stereocenters. The number of alkyl halides is 3. The summed E-state index contributed by atoms with van der Waals surface area (Å²) < 4.78 is 54.9. The molecule has 0 saturated carbocycles. The van der Waals surface area contributed by atoms with Crippen LogP contribution in [0.3, 0.4) is 0 Å². The average Bonchev–Trinajstić information content (AvgIpc) is 2.36. The van der Waals surface area contributed by atoms with Crippen LogP contribution < -0.4 is 0 Å². The minimum absolute atomic E-state index is 0.392. The number of methoxy groups -OCH3 is 1. The Morgan fingerprint density at radius 2 is 1.90 bits per heavy atom. The first kappa shape index (κ1) is 16.1. The van der Waals surface area contributed by atoms with E-state index in [9.17, 15) is 32.3 Å². The Morgan fingerprint density at radius 3 is 2.35 bits per heavy atom. The molecule has 4 nitrogen and oxygen atoms in total. The Balaban J connectivity index is 3.09. The van der Waals surface area contributed by atoms with Gasteiger partial charge in [0.2, 0.25) is 0 Å². The number of carbonyl (C=O) groups excluding carboxylic acids is 2. The molecule has 1 N–H and O–H groups in total. The van der Waals surface area contributed by atoms with Gasteiger partial charge in [0.1, 0.15) is 5.82 Å². The molecule has 0 saturated heterocycles. The number of ketones is 1. The number of hydrogen-bond donors (Lipinski definition) is 1. The van der Waals surface area contributed by atoms with Crippen LogP contribution in [0.2, 0.25) is 0 Å². The van der Waals surface area contributed by atoms with E-state index in [4.69, 9.17) is 0 Å². The minimum Gasteiger partial charge on any atom is -0.467 e. The molecular weight excluding hydrogens is 284 g/mol. The average molecular weight is 294 g/mol. The predicted octanol–water partition coefficient (Wildman–Crippen LogP) is 1.86. The van der Waals surface area contributed by atoms with Crippen molar-refractivity contribution in [1.82, 2.24) is 0 Å². The van der Waals surface area contributed by atoms with Crippen LogP contribution >= 0.6 is 0 Å². The predicted molar refractivity (Wildman–Crippen MR) is 58.4 cm³/mol. The third kappa shape index (κ3) is 3.13. The molecule has 0 amide bonds. The SMILES string of the molecule is COC(=O)[C@](O)(CC(=O)c1cccc(F)c1)C(F)(F)F. The summed E-state index contributed by atoms with van der Waals surface area (Å²) in [5.74, 6) is -4.08. The molecule has 0 aliphatic carbocycles. The molecule has 0 spiro atoms. The van der Waals surface area contributed by atoms with Crippen LogP contribution in [0.15, 0.2) is 24.3 Å². The normalized spacial score (nSPS) is 14.5. The molecule has 110 valence electrons. The quantitative estimate of drug-likeness (QED) is 0.523. The van der Waals surface area contributed by atoms with E-state index in [2.05, 4.69) is 4.74 Å². The number of halogens is 4. The fourth-order valence-electron chi connectivity index (χ4n) is 1.45. The van der Waals surface area contributed by atoms with Crippen LogP contribution in [0.1, 0.15) is 16.8 Å². The molecule has 1 rings (SSSR count). The van der Waals surface area contributed by atoms with Gasteiger partial charge in [0.25, 0.3) is 5.60 Å². The van der Waals surface area contributed by atoms with Crippen LogP contribution in [0.25, 0.3) is 0 Å². The Labute approximate surface area is 111 Å². The van der Waals surface area contributed by atoms with E-state index < -0.39 is 41.3 Å². The lowest BCUT2D eigenvalue weighted by atomic mass is 9.93. The van der Waals surface area contributed by atoms with Gasteiger partial charge < -0.3 is 9.84 Å². The van der Waals surface area contributed by atoms with E-state index in [0.717, 1.165) is 18.2 Å². The maximum absolute atomic E-state index is 12.9. The second kappa shape index (κ2) is 5.58. The van der Waals surface area contributed by atoms with E-state index in [1.165, 1.54) is 0 Å². The third-order valence-electron chi connectivity index (χ3n) is 2.56. The highest BCUT2D eigenvalue weighted by Gasteiger charge is 2.61. The lowest BCUT2D eigenvalue weighted by Gasteiger charge is -2.26. The van der Waals surface area contributed by atoms with Gasteiger partial charge in [-0.1, -0.05) is 12.1 Å². The van der Waals surface area contributed by atoms with Gasteiger partial charge >= 0.3 is 12.1 Å². The molecule has 0 aliphatic heterocycles. The monoisotopic (exact) mass is 294 g/mol. The molecular formula is C12H10F4O4. The van der Waals surface area contributed by atoms with E-state index in [1.54, 1.807) is 0 Å². The Kier molecular flexibility index (Phi) is 4.49. The van der Waals surface area contributed by atoms with Crippen molar-refractivity contribution in [2.24, 2.45) is 0 Å². The number of aliphatic hydroxyl groups is 1. The summed E-state index contributed by atoms with van der Waals surface area (Å²) in [7, 11) is 0.645. The zero-order chi connectivity index (χ0) is 15.6. The third-order valence-corrected chi connectivity index (χ3v) is 2.56. The second-order valence-electron chi connectivity index (χ2n) is 3.96. The number of Topliss-reactive ketones (excluding diaryl/α,β-unsaturated/α-hetero) is 1. The summed E-state index contributed by atoms with van der Waals surface area (Å²) in [6.45, 7) is 0. The van der Waals surface area contributed by atoms with E-state index in [-0.39, 0.29) is 0 Å². The Hall–Kier alpha value is -1.96. The Bertz CT molecular complexity index is 526. The highest BCUT2D eigenvalue weighted by molar-refractivity contribution is 6.00. The highest BCUT2D eigenvalue weighted by Crippen LogP contribution is 2.35. The molecule has 0 fully saturated rings. The highest BCUT2D eigenvalue weighted by atomic mass is 19.4. The second-order valence-corrected chi connectivity index (χ2v) is 3.96. The van der Waals surface area contributed by atoms with Gasteiger partial charge in [-0.25, -0.2) is 9.18 Å². The minimum atomic E-state index is -5.40. The lowest BCUT2D eigenvalue weighted by molar-refractivity contribution is -0.260. The summed E-state index contributed by atoms with van der Waals surface area (Å²) in [4.78, 5) is 22.7. The van der Waals surface area contributed by atoms with Crippen LogP contribution in [-0.4, -0.2) is 35.7 Å². The number of rotatable bonds is 4. The molecule has 0 aliphatic rings. The summed E-state index contributed by atoms with van der Waals surface area (Å²) >= 11 is 0. The van der Waals surface area contributed by atoms with Gasteiger partial charge in [-0.05, 0) is 12.1 Å². The topological polar surface area (TPSA) is 63.6 Å². The fourth-order valence-corrected chi connectivity index (χ4v) is 1.45. The van der Waals surface area contributed by atoms with E-state index in [0.29, 0.717) is 13.2 Å². The van der Waals surface area contributed by atoms with Crippen LogP contribution in [0.5, 0.6) is 0 Å². The van der Waals surface area contributed by atoms with Crippen LogP contribution in [0, 0.1) is 5.82 Å². The van der Waals surface area contributed by atoms with E-state index in [1.807, 2.05) is 0 Å². The smallest absolute Gasteiger partial charge is 0.428 e. The van der Waals surface area contributed by atoms with Gasteiger partial charge in [-0.3, -0.25) is 4.79 Å². The van der Waals surface area contributed by atoms with Crippen molar-refractivity contribution < 1.29 is 37.0 Å². The molecule has 1 aromatic rings. The zero-order valence-corrected chi connectivity index (χ0v) is 10.2. The molecule has 1 aromatic carbocycles. The van der Waals surface area contributed by atoms with E-state index >= 15 is 0 Å². The molecule has 0 bridgehead atoms. The Morgan fingerprint density at radius 1 is 1.30 bits per heavy atom. The molecule has 0 aromatic heterocycles. The molecule has 8 heteroatoms. The van der Waals surface area contributed by atoms with Gasteiger partial charge in [0.15, 0.2) is 5.78 Å². The number of esters is 1. The molecule has 0 radical (unpaired) electrons. The first-order valence-corrected chi connectivity index (χ1v) is 5.28. The molecule has 0 heterocycles. The first-order chi connectivity index (χ1) is 9.11. The largest absolute Gasteiger partial charge is 0.467 e. The van der Waals surface area contributed by atoms with Gasteiger partial charge in [-0.2, -0.15) is 13.2 Å². The van der Waals surface area contributed by atoms with Crippen molar-refractivity contribution in [3.8, 4) is 0 Å². The maximum atomic E-state index is 12.9. The van der Waals surface area contributed by atoms with Gasteiger partial charge in [0.05, 0.1) is 13.5 Å². The van der Waals surface area contributed by atoms with Crippen molar-refractivity contribution in [3.63, 3.8) is 0 Å². The van der Waals surface area contributed by atoms with Crippen molar-refractivity contribution in [2.75, 3.05) is 7.11 Å². The van der Waals surface area contributed by atoms with Crippen molar-refractivity contribution in [1.29, 1.82) is 0 Å².